The van der Waals surface area contributed by atoms with E-state index in [0.29, 0.717) is 30.5 Å². The number of anilines is 1. The highest BCUT2D eigenvalue weighted by Crippen LogP contribution is 2.44. The molecule has 1 aromatic heterocycles. The van der Waals surface area contributed by atoms with Crippen molar-refractivity contribution in [2.75, 3.05) is 25.4 Å². The number of fused-ring (bicyclic) bond motifs is 1. The number of nitrogens with one attached hydrogen (secondary N) is 2. The number of amides is 1. The Morgan fingerprint density at radius 2 is 2.07 bits per heavy atom. The average Bonchev–Trinajstić information content (AvgIpc) is 3.45. The first-order valence-corrected chi connectivity index (χ1v) is 11.1. The Balaban J connectivity index is 1.57. The van der Waals surface area contributed by atoms with E-state index in [-0.39, 0.29) is 23.5 Å². The van der Waals surface area contributed by atoms with E-state index in [0.717, 1.165) is 29.4 Å². The number of nitrogens with two attached hydrogens (primary N) is 1. The molecule has 1 saturated heterocycles. The molecular formula is C24H34N4O2. The number of benzene rings is 1. The van der Waals surface area contributed by atoms with Crippen molar-refractivity contribution < 1.29 is 9.53 Å². The molecule has 6 nitrogen and oxygen atoms in total. The van der Waals surface area contributed by atoms with Gasteiger partial charge in [0.15, 0.2) is 0 Å². The molecule has 0 spiro atoms. The Kier molecular flexibility index (Phi) is 5.73. The van der Waals surface area contributed by atoms with Gasteiger partial charge in [-0.05, 0) is 60.8 Å². The highest BCUT2D eigenvalue weighted by molar-refractivity contribution is 6.00. The van der Waals surface area contributed by atoms with Gasteiger partial charge in [0.25, 0.3) is 5.91 Å². The quantitative estimate of drug-likeness (QED) is 0.678. The largest absolute Gasteiger partial charge is 0.398 e. The maximum atomic E-state index is 12.9. The van der Waals surface area contributed by atoms with Gasteiger partial charge in [-0.3, -0.25) is 4.79 Å². The Labute approximate surface area is 179 Å². The maximum Gasteiger partial charge on any atom is 0.270 e. The van der Waals surface area contributed by atoms with Crippen molar-refractivity contribution in [3.63, 3.8) is 0 Å². The minimum atomic E-state index is -0.184. The van der Waals surface area contributed by atoms with Crippen molar-refractivity contribution >= 4 is 22.5 Å². The van der Waals surface area contributed by atoms with Crippen molar-refractivity contribution in [2.24, 2.45) is 0 Å². The SMILES string of the molecule is CCO[C@H]1CN[C@H](CNC(=O)c2cc(N)c3cc(C4CC4)cc(C(C)(C)C)c3n2)C1. The Morgan fingerprint density at radius 3 is 2.73 bits per heavy atom. The van der Waals surface area contributed by atoms with Gasteiger partial charge in [-0.25, -0.2) is 4.98 Å². The molecule has 4 N–H and O–H groups in total. The van der Waals surface area contributed by atoms with E-state index in [1.54, 1.807) is 6.07 Å². The molecule has 2 atom stereocenters. The standard InChI is InChI=1S/C24H34N4O2/c1-5-30-17-10-16(26-13-17)12-27-23(29)21-11-20(25)18-8-15(14-6-7-14)9-19(22(18)28-21)24(2,3)4/h8-9,11,14,16-17,26H,5-7,10,12-13H2,1-4H3,(H2,25,28)(H,27,29)/t16-,17+/m0/s1. The summed E-state index contributed by atoms with van der Waals surface area (Å²) in [5.74, 6) is 0.452. The first kappa shape index (κ1) is 21.1. The third kappa shape index (κ3) is 4.44. The van der Waals surface area contributed by atoms with E-state index < -0.39 is 0 Å². The number of hydrogen-bond acceptors (Lipinski definition) is 5. The Hall–Kier alpha value is -2.18. The summed E-state index contributed by atoms with van der Waals surface area (Å²) in [5, 5.41) is 7.38. The Bertz CT molecular complexity index is 946. The molecule has 1 amide bonds. The van der Waals surface area contributed by atoms with Gasteiger partial charge in [0.1, 0.15) is 5.69 Å². The summed E-state index contributed by atoms with van der Waals surface area (Å²) in [6, 6.07) is 6.37. The van der Waals surface area contributed by atoms with Gasteiger partial charge < -0.3 is 21.1 Å². The summed E-state index contributed by atoms with van der Waals surface area (Å²) in [7, 11) is 0. The molecule has 0 radical (unpaired) electrons. The van der Waals surface area contributed by atoms with Crippen LogP contribution in [0, 0.1) is 0 Å². The van der Waals surface area contributed by atoms with Gasteiger partial charge >= 0.3 is 0 Å². The second-order valence-corrected chi connectivity index (χ2v) is 9.71. The molecule has 30 heavy (non-hydrogen) atoms. The van der Waals surface area contributed by atoms with Gasteiger partial charge in [-0.1, -0.05) is 26.8 Å². The molecule has 6 heteroatoms. The van der Waals surface area contributed by atoms with Crippen molar-refractivity contribution in [3.8, 4) is 0 Å². The predicted molar refractivity (Wildman–Crippen MR) is 121 cm³/mol. The molecule has 0 bridgehead atoms. The van der Waals surface area contributed by atoms with Crippen LogP contribution in [0.4, 0.5) is 5.69 Å². The van der Waals surface area contributed by atoms with Crippen molar-refractivity contribution in [1.29, 1.82) is 0 Å². The predicted octanol–water partition coefficient (Wildman–Crippen LogP) is 3.49. The lowest BCUT2D eigenvalue weighted by Crippen LogP contribution is -2.37. The molecule has 1 aliphatic heterocycles. The van der Waals surface area contributed by atoms with E-state index in [1.807, 2.05) is 6.92 Å². The molecule has 2 heterocycles. The zero-order chi connectivity index (χ0) is 21.5. The van der Waals surface area contributed by atoms with Gasteiger partial charge in [-0.2, -0.15) is 0 Å². The molecule has 2 fully saturated rings. The van der Waals surface area contributed by atoms with Gasteiger partial charge in [0, 0.05) is 36.8 Å². The molecule has 4 rings (SSSR count). The number of pyridine rings is 1. The number of carbonyl (C=O) groups is 1. The normalized spacial score (nSPS) is 21.9. The summed E-state index contributed by atoms with van der Waals surface area (Å²) in [4.78, 5) is 17.6. The van der Waals surface area contributed by atoms with Crippen LogP contribution in [0.2, 0.25) is 0 Å². The molecule has 2 aromatic rings. The highest BCUT2D eigenvalue weighted by atomic mass is 16.5. The van der Waals surface area contributed by atoms with Crippen molar-refractivity contribution in [2.45, 2.75) is 70.4 Å². The fourth-order valence-electron chi connectivity index (χ4n) is 4.32. The lowest BCUT2D eigenvalue weighted by Gasteiger charge is -2.23. The van der Waals surface area contributed by atoms with Crippen LogP contribution in [0.3, 0.4) is 0 Å². The maximum absolute atomic E-state index is 12.9. The van der Waals surface area contributed by atoms with E-state index in [4.69, 9.17) is 15.5 Å². The van der Waals surface area contributed by atoms with Crippen LogP contribution in [0.15, 0.2) is 18.2 Å². The van der Waals surface area contributed by atoms with Gasteiger partial charge in [-0.15, -0.1) is 0 Å². The smallest absolute Gasteiger partial charge is 0.270 e. The van der Waals surface area contributed by atoms with E-state index in [1.165, 1.54) is 18.4 Å². The molecule has 1 aromatic carbocycles. The fourth-order valence-corrected chi connectivity index (χ4v) is 4.32. The van der Waals surface area contributed by atoms with Crippen LogP contribution in [0.5, 0.6) is 0 Å². The van der Waals surface area contributed by atoms with E-state index in [9.17, 15) is 4.79 Å². The first-order chi connectivity index (χ1) is 14.3. The fraction of sp³-hybridized carbons (Fsp3) is 0.583. The summed E-state index contributed by atoms with van der Waals surface area (Å²) in [6.07, 6.45) is 3.60. The Morgan fingerprint density at radius 1 is 1.30 bits per heavy atom. The van der Waals surface area contributed by atoms with Crippen LogP contribution in [-0.4, -0.2) is 42.7 Å². The van der Waals surface area contributed by atoms with Crippen LogP contribution in [0.1, 0.15) is 74.5 Å². The summed E-state index contributed by atoms with van der Waals surface area (Å²) in [6.45, 7) is 10.6. The topological polar surface area (TPSA) is 89.3 Å². The zero-order valence-corrected chi connectivity index (χ0v) is 18.5. The lowest BCUT2D eigenvalue weighted by atomic mass is 9.83. The minimum Gasteiger partial charge on any atom is -0.398 e. The van der Waals surface area contributed by atoms with Crippen LogP contribution in [0.25, 0.3) is 10.9 Å². The van der Waals surface area contributed by atoms with Gasteiger partial charge in [0.2, 0.25) is 0 Å². The summed E-state index contributed by atoms with van der Waals surface area (Å²) < 4.78 is 5.66. The summed E-state index contributed by atoms with van der Waals surface area (Å²) in [5.41, 5.74) is 10.7. The molecule has 2 aliphatic rings. The third-order valence-corrected chi connectivity index (χ3v) is 6.15. The van der Waals surface area contributed by atoms with Crippen molar-refractivity contribution in [1.82, 2.24) is 15.6 Å². The molecule has 162 valence electrons. The average molecular weight is 411 g/mol. The number of aromatic nitrogens is 1. The molecule has 1 saturated carbocycles. The number of nitrogens with zero attached hydrogens (tertiary/aromatic N) is 1. The zero-order valence-electron chi connectivity index (χ0n) is 18.5. The van der Waals surface area contributed by atoms with E-state index in [2.05, 4.69) is 43.5 Å². The number of nitrogen functional groups attached to an aromatic ring is 1. The molecule has 0 unspecified atom stereocenters. The number of rotatable bonds is 6. The minimum absolute atomic E-state index is 0.0836. The molecular weight excluding hydrogens is 376 g/mol. The summed E-state index contributed by atoms with van der Waals surface area (Å²) >= 11 is 0. The number of ether oxygens (including phenoxy) is 1. The number of carbonyl (C=O) groups excluding carboxylic acids is 1. The second kappa shape index (κ2) is 8.16. The first-order valence-electron chi connectivity index (χ1n) is 11.1. The lowest BCUT2D eigenvalue weighted by molar-refractivity contribution is 0.0753. The highest BCUT2D eigenvalue weighted by Gasteiger charge is 2.29. The third-order valence-electron chi connectivity index (χ3n) is 6.15. The van der Waals surface area contributed by atoms with Crippen LogP contribution in [-0.2, 0) is 10.2 Å². The molecule has 1 aliphatic carbocycles. The second-order valence-electron chi connectivity index (χ2n) is 9.71. The van der Waals surface area contributed by atoms with Crippen LogP contribution < -0.4 is 16.4 Å². The van der Waals surface area contributed by atoms with Gasteiger partial charge in [0.05, 0.1) is 11.6 Å². The number of hydrogen-bond donors (Lipinski definition) is 3. The van der Waals surface area contributed by atoms with Crippen LogP contribution >= 0.6 is 0 Å². The van der Waals surface area contributed by atoms with E-state index >= 15 is 0 Å². The van der Waals surface area contributed by atoms with Crippen molar-refractivity contribution in [3.05, 3.63) is 35.0 Å². The monoisotopic (exact) mass is 410 g/mol.